The lowest BCUT2D eigenvalue weighted by atomic mass is 10.1. The molecule has 3 nitrogen and oxygen atoms in total. The highest BCUT2D eigenvalue weighted by Crippen LogP contribution is 2.24. The van der Waals surface area contributed by atoms with Crippen molar-refractivity contribution in [1.29, 1.82) is 0 Å². The lowest BCUT2D eigenvalue weighted by Crippen LogP contribution is -2.19. The normalized spacial score (nSPS) is 22.7. The summed E-state index contributed by atoms with van der Waals surface area (Å²) >= 11 is 0. The molecular formula is C16H23NO2. The highest BCUT2D eigenvalue weighted by molar-refractivity contribution is 5.37. The summed E-state index contributed by atoms with van der Waals surface area (Å²) in [6, 6.07) is 7.16. The van der Waals surface area contributed by atoms with Crippen LogP contribution in [0.1, 0.15) is 36.8 Å². The molecule has 0 amide bonds. The van der Waals surface area contributed by atoms with E-state index in [4.69, 9.17) is 9.47 Å². The zero-order valence-electron chi connectivity index (χ0n) is 11.7. The Hall–Kier alpha value is -1.06. The standard InChI is InChI=1S/C16H23NO2/c1-12-4-7-16(19-11-15-3-2-8-18-15)13(9-12)10-17-14-5-6-14/h4,7,9,14-15,17H,2-3,5-6,8,10-11H2,1H3. The predicted octanol–water partition coefficient (Wildman–Crippen LogP) is 2.80. The first-order valence-corrected chi connectivity index (χ1v) is 7.38. The average Bonchev–Trinajstić information content (AvgIpc) is 3.10. The Balaban J connectivity index is 1.60. The molecule has 3 rings (SSSR count). The first-order valence-electron chi connectivity index (χ1n) is 7.38. The summed E-state index contributed by atoms with van der Waals surface area (Å²) in [5, 5.41) is 3.56. The van der Waals surface area contributed by atoms with Crippen LogP contribution >= 0.6 is 0 Å². The van der Waals surface area contributed by atoms with Gasteiger partial charge in [0.1, 0.15) is 12.4 Å². The third kappa shape index (κ3) is 3.71. The summed E-state index contributed by atoms with van der Waals surface area (Å²) in [5.74, 6) is 1.01. The van der Waals surface area contributed by atoms with E-state index in [1.807, 2.05) is 0 Å². The molecule has 2 aliphatic rings. The van der Waals surface area contributed by atoms with Crippen LogP contribution in [-0.2, 0) is 11.3 Å². The van der Waals surface area contributed by atoms with Crippen molar-refractivity contribution in [3.05, 3.63) is 29.3 Å². The fourth-order valence-electron chi connectivity index (χ4n) is 2.49. The van der Waals surface area contributed by atoms with Crippen LogP contribution in [0.4, 0.5) is 0 Å². The van der Waals surface area contributed by atoms with E-state index < -0.39 is 0 Å². The van der Waals surface area contributed by atoms with E-state index in [1.54, 1.807) is 0 Å². The van der Waals surface area contributed by atoms with Gasteiger partial charge >= 0.3 is 0 Å². The van der Waals surface area contributed by atoms with E-state index in [-0.39, 0.29) is 6.10 Å². The van der Waals surface area contributed by atoms with Crippen molar-refractivity contribution in [2.75, 3.05) is 13.2 Å². The van der Waals surface area contributed by atoms with Crippen LogP contribution in [0.15, 0.2) is 18.2 Å². The number of aryl methyl sites for hydroxylation is 1. The van der Waals surface area contributed by atoms with Crippen LogP contribution in [0.25, 0.3) is 0 Å². The number of hydrogen-bond donors (Lipinski definition) is 1. The van der Waals surface area contributed by atoms with Crippen LogP contribution in [-0.4, -0.2) is 25.4 Å². The molecule has 1 aliphatic heterocycles. The van der Waals surface area contributed by atoms with E-state index in [2.05, 4.69) is 30.4 Å². The molecule has 1 unspecified atom stereocenters. The third-order valence-corrected chi connectivity index (χ3v) is 3.82. The van der Waals surface area contributed by atoms with Crippen LogP contribution < -0.4 is 10.1 Å². The summed E-state index contributed by atoms with van der Waals surface area (Å²) in [5.41, 5.74) is 2.56. The maximum atomic E-state index is 5.96. The molecule has 0 spiro atoms. The van der Waals surface area contributed by atoms with Gasteiger partial charge in [-0.15, -0.1) is 0 Å². The number of ether oxygens (including phenoxy) is 2. The molecule has 1 heterocycles. The summed E-state index contributed by atoms with van der Waals surface area (Å²) in [6.45, 7) is 4.61. The highest BCUT2D eigenvalue weighted by atomic mass is 16.5. The van der Waals surface area contributed by atoms with Gasteiger partial charge in [0, 0.05) is 24.8 Å². The van der Waals surface area contributed by atoms with Crippen molar-refractivity contribution in [1.82, 2.24) is 5.32 Å². The Morgan fingerprint density at radius 2 is 2.21 bits per heavy atom. The van der Waals surface area contributed by atoms with Crippen molar-refractivity contribution in [2.24, 2.45) is 0 Å². The monoisotopic (exact) mass is 261 g/mol. The SMILES string of the molecule is Cc1ccc(OCC2CCCO2)c(CNC2CC2)c1. The molecule has 104 valence electrons. The fraction of sp³-hybridized carbons (Fsp3) is 0.625. The Labute approximate surface area is 115 Å². The largest absolute Gasteiger partial charge is 0.491 e. The van der Waals surface area contributed by atoms with Crippen molar-refractivity contribution >= 4 is 0 Å². The highest BCUT2D eigenvalue weighted by Gasteiger charge is 2.21. The lowest BCUT2D eigenvalue weighted by molar-refractivity contribution is 0.0676. The number of nitrogens with one attached hydrogen (secondary N) is 1. The van der Waals surface area contributed by atoms with E-state index in [1.165, 1.54) is 24.0 Å². The summed E-state index contributed by atoms with van der Waals surface area (Å²) in [4.78, 5) is 0. The second kappa shape index (κ2) is 5.93. The maximum absolute atomic E-state index is 5.96. The lowest BCUT2D eigenvalue weighted by Gasteiger charge is -2.15. The molecule has 19 heavy (non-hydrogen) atoms. The van der Waals surface area contributed by atoms with Crippen LogP contribution in [0.2, 0.25) is 0 Å². The zero-order chi connectivity index (χ0) is 13.1. The molecule has 0 aromatic heterocycles. The minimum atomic E-state index is 0.283. The molecule has 1 aromatic carbocycles. The van der Waals surface area contributed by atoms with Crippen LogP contribution in [0.5, 0.6) is 5.75 Å². The van der Waals surface area contributed by atoms with Gasteiger partial charge in [0.15, 0.2) is 0 Å². The smallest absolute Gasteiger partial charge is 0.123 e. The molecular weight excluding hydrogens is 238 g/mol. The molecule has 1 aromatic rings. The van der Waals surface area contributed by atoms with Crippen molar-refractivity contribution in [3.8, 4) is 5.75 Å². The number of hydrogen-bond acceptors (Lipinski definition) is 3. The van der Waals surface area contributed by atoms with Gasteiger partial charge in [-0.05, 0) is 38.7 Å². The quantitative estimate of drug-likeness (QED) is 0.854. The minimum Gasteiger partial charge on any atom is -0.491 e. The van der Waals surface area contributed by atoms with E-state index >= 15 is 0 Å². The molecule has 1 N–H and O–H groups in total. The molecule has 0 radical (unpaired) electrons. The second-order valence-electron chi connectivity index (χ2n) is 5.71. The van der Waals surface area contributed by atoms with Crippen LogP contribution in [0, 0.1) is 6.92 Å². The Morgan fingerprint density at radius 3 is 2.95 bits per heavy atom. The van der Waals surface area contributed by atoms with Crippen molar-refractivity contribution in [3.63, 3.8) is 0 Å². The van der Waals surface area contributed by atoms with Gasteiger partial charge in [0.25, 0.3) is 0 Å². The second-order valence-corrected chi connectivity index (χ2v) is 5.71. The molecule has 3 heteroatoms. The van der Waals surface area contributed by atoms with Crippen LogP contribution in [0.3, 0.4) is 0 Å². The van der Waals surface area contributed by atoms with Gasteiger partial charge in [-0.1, -0.05) is 17.7 Å². The molecule has 1 saturated carbocycles. The number of rotatable bonds is 6. The Morgan fingerprint density at radius 1 is 1.32 bits per heavy atom. The molecule has 1 atom stereocenters. The Bertz CT molecular complexity index is 423. The fourth-order valence-corrected chi connectivity index (χ4v) is 2.49. The van der Waals surface area contributed by atoms with E-state index in [0.717, 1.165) is 37.8 Å². The topological polar surface area (TPSA) is 30.5 Å². The molecule has 1 aliphatic carbocycles. The van der Waals surface area contributed by atoms with Gasteiger partial charge in [0.2, 0.25) is 0 Å². The third-order valence-electron chi connectivity index (χ3n) is 3.82. The molecule has 2 fully saturated rings. The summed E-state index contributed by atoms with van der Waals surface area (Å²) in [7, 11) is 0. The predicted molar refractivity (Wildman–Crippen MR) is 75.5 cm³/mol. The first-order chi connectivity index (χ1) is 9.31. The van der Waals surface area contributed by atoms with Gasteiger partial charge in [0.05, 0.1) is 6.10 Å². The van der Waals surface area contributed by atoms with Gasteiger partial charge in [-0.3, -0.25) is 0 Å². The molecule has 0 bridgehead atoms. The van der Waals surface area contributed by atoms with Crippen molar-refractivity contribution < 1.29 is 9.47 Å². The van der Waals surface area contributed by atoms with Crippen molar-refractivity contribution in [2.45, 2.75) is 51.3 Å². The molecule has 1 saturated heterocycles. The van der Waals surface area contributed by atoms with Gasteiger partial charge in [-0.2, -0.15) is 0 Å². The van der Waals surface area contributed by atoms with Gasteiger partial charge < -0.3 is 14.8 Å². The minimum absolute atomic E-state index is 0.283. The summed E-state index contributed by atoms with van der Waals surface area (Å²) in [6.07, 6.45) is 5.21. The maximum Gasteiger partial charge on any atom is 0.123 e. The van der Waals surface area contributed by atoms with Gasteiger partial charge in [-0.25, -0.2) is 0 Å². The zero-order valence-corrected chi connectivity index (χ0v) is 11.7. The van der Waals surface area contributed by atoms with E-state index in [9.17, 15) is 0 Å². The summed E-state index contributed by atoms with van der Waals surface area (Å²) < 4.78 is 11.6. The first kappa shape index (κ1) is 12.9. The van der Waals surface area contributed by atoms with E-state index in [0.29, 0.717) is 6.61 Å². The number of benzene rings is 1. The Kier molecular flexibility index (Phi) is 4.04. The average molecular weight is 261 g/mol.